The number of nitrogens with zero attached hydrogens (tertiary/aromatic N) is 3. The molecule has 0 unspecified atom stereocenters. The summed E-state index contributed by atoms with van der Waals surface area (Å²) in [6.07, 6.45) is 0. The highest BCUT2D eigenvalue weighted by atomic mass is 16.2. The highest BCUT2D eigenvalue weighted by Crippen LogP contribution is 2.08. The minimum absolute atomic E-state index is 0.0383. The fourth-order valence-electron chi connectivity index (χ4n) is 1.32. The second kappa shape index (κ2) is 5.71. The van der Waals surface area contributed by atoms with E-state index in [0.717, 1.165) is 5.56 Å². The Hall–Kier alpha value is -2.77. The maximum Gasteiger partial charge on any atom is 0.313 e. The van der Waals surface area contributed by atoms with Crippen LogP contribution in [-0.4, -0.2) is 32.4 Å². The SMILES string of the molecule is Cc1ccc(NC(=O)C(=O)NCc2nn[nH]n2)cc1. The van der Waals surface area contributed by atoms with Crippen LogP contribution in [0.25, 0.3) is 0 Å². The first-order valence-electron chi connectivity index (χ1n) is 5.53. The van der Waals surface area contributed by atoms with E-state index in [2.05, 4.69) is 31.3 Å². The van der Waals surface area contributed by atoms with Crippen LogP contribution in [0.2, 0.25) is 0 Å². The van der Waals surface area contributed by atoms with Crippen molar-refractivity contribution in [3.8, 4) is 0 Å². The highest BCUT2D eigenvalue weighted by molar-refractivity contribution is 6.39. The molecule has 1 heterocycles. The summed E-state index contributed by atoms with van der Waals surface area (Å²) in [5.74, 6) is -1.20. The molecule has 0 aliphatic carbocycles. The molecule has 0 fully saturated rings. The molecule has 0 saturated carbocycles. The van der Waals surface area contributed by atoms with Crippen molar-refractivity contribution in [2.75, 3.05) is 5.32 Å². The van der Waals surface area contributed by atoms with E-state index in [1.54, 1.807) is 12.1 Å². The molecule has 0 radical (unpaired) electrons. The Morgan fingerprint density at radius 3 is 2.58 bits per heavy atom. The number of aromatic nitrogens is 4. The fourth-order valence-corrected chi connectivity index (χ4v) is 1.32. The largest absolute Gasteiger partial charge is 0.340 e. The highest BCUT2D eigenvalue weighted by Gasteiger charge is 2.13. The van der Waals surface area contributed by atoms with Gasteiger partial charge in [0.15, 0.2) is 5.82 Å². The molecule has 0 aliphatic heterocycles. The third-order valence-corrected chi connectivity index (χ3v) is 2.31. The van der Waals surface area contributed by atoms with Gasteiger partial charge in [-0.1, -0.05) is 22.9 Å². The summed E-state index contributed by atoms with van der Waals surface area (Å²) in [4.78, 5) is 23.1. The van der Waals surface area contributed by atoms with Crippen LogP contribution in [0.1, 0.15) is 11.4 Å². The fraction of sp³-hybridized carbons (Fsp3) is 0.182. The Bertz CT molecular complexity index is 563. The number of tetrazole rings is 1. The number of amides is 2. The monoisotopic (exact) mass is 260 g/mol. The average molecular weight is 260 g/mol. The van der Waals surface area contributed by atoms with Crippen molar-refractivity contribution in [3.05, 3.63) is 35.7 Å². The molecule has 0 spiro atoms. The smallest absolute Gasteiger partial charge is 0.313 e. The third-order valence-electron chi connectivity index (χ3n) is 2.31. The van der Waals surface area contributed by atoms with Crippen molar-refractivity contribution >= 4 is 17.5 Å². The minimum atomic E-state index is -0.759. The topological polar surface area (TPSA) is 113 Å². The zero-order chi connectivity index (χ0) is 13.7. The van der Waals surface area contributed by atoms with E-state index < -0.39 is 11.8 Å². The maximum absolute atomic E-state index is 11.6. The summed E-state index contributed by atoms with van der Waals surface area (Å²) in [6.45, 7) is 1.97. The van der Waals surface area contributed by atoms with Crippen LogP contribution in [0.5, 0.6) is 0 Å². The molecule has 0 bridgehead atoms. The van der Waals surface area contributed by atoms with Crippen molar-refractivity contribution in [2.24, 2.45) is 0 Å². The zero-order valence-electron chi connectivity index (χ0n) is 10.2. The molecule has 8 heteroatoms. The third kappa shape index (κ3) is 3.60. The lowest BCUT2D eigenvalue weighted by molar-refractivity contribution is -0.136. The summed E-state index contributed by atoms with van der Waals surface area (Å²) >= 11 is 0. The Kier molecular flexibility index (Phi) is 3.81. The Labute approximate surface area is 108 Å². The molecule has 2 amide bonds. The predicted octanol–water partition coefficient (Wildman–Crippen LogP) is -0.237. The van der Waals surface area contributed by atoms with Crippen LogP contribution in [0.4, 0.5) is 5.69 Å². The quantitative estimate of drug-likeness (QED) is 0.659. The van der Waals surface area contributed by atoms with E-state index >= 15 is 0 Å². The molecule has 2 rings (SSSR count). The number of hydrogen-bond acceptors (Lipinski definition) is 5. The first-order valence-corrected chi connectivity index (χ1v) is 5.53. The number of carbonyl (C=O) groups is 2. The lowest BCUT2D eigenvalue weighted by Gasteiger charge is -2.05. The molecule has 98 valence electrons. The summed E-state index contributed by atoms with van der Waals surface area (Å²) < 4.78 is 0. The van der Waals surface area contributed by atoms with E-state index in [9.17, 15) is 9.59 Å². The Morgan fingerprint density at radius 2 is 1.95 bits per heavy atom. The molecule has 3 N–H and O–H groups in total. The average Bonchev–Trinajstić information content (AvgIpc) is 2.91. The molecule has 0 aliphatic rings. The number of aryl methyl sites for hydroxylation is 1. The van der Waals surface area contributed by atoms with Crippen molar-refractivity contribution in [2.45, 2.75) is 13.5 Å². The minimum Gasteiger partial charge on any atom is -0.340 e. The molecule has 0 atom stereocenters. The van der Waals surface area contributed by atoms with Gasteiger partial charge in [-0.25, -0.2) is 0 Å². The molecule has 1 aromatic carbocycles. The van der Waals surface area contributed by atoms with Gasteiger partial charge in [0.2, 0.25) is 0 Å². The van der Waals surface area contributed by atoms with Crippen LogP contribution < -0.4 is 10.6 Å². The van der Waals surface area contributed by atoms with E-state index in [4.69, 9.17) is 0 Å². The first kappa shape index (κ1) is 12.7. The number of benzene rings is 1. The molecule has 2 aromatic rings. The Morgan fingerprint density at radius 1 is 1.21 bits per heavy atom. The molecular weight excluding hydrogens is 248 g/mol. The van der Waals surface area contributed by atoms with Crippen LogP contribution in [0, 0.1) is 6.92 Å². The van der Waals surface area contributed by atoms with Gasteiger partial charge in [0.1, 0.15) is 0 Å². The van der Waals surface area contributed by atoms with Gasteiger partial charge in [0.05, 0.1) is 6.54 Å². The van der Waals surface area contributed by atoms with Crippen LogP contribution in [-0.2, 0) is 16.1 Å². The molecular formula is C11H12N6O2. The number of aromatic amines is 1. The second-order valence-corrected chi connectivity index (χ2v) is 3.83. The van der Waals surface area contributed by atoms with Gasteiger partial charge < -0.3 is 10.6 Å². The van der Waals surface area contributed by atoms with E-state index in [1.165, 1.54) is 0 Å². The van der Waals surface area contributed by atoms with Gasteiger partial charge in [-0.15, -0.1) is 10.2 Å². The van der Waals surface area contributed by atoms with Gasteiger partial charge >= 0.3 is 11.8 Å². The van der Waals surface area contributed by atoms with Gasteiger partial charge in [0.25, 0.3) is 0 Å². The lowest BCUT2D eigenvalue weighted by atomic mass is 10.2. The van der Waals surface area contributed by atoms with Gasteiger partial charge in [-0.05, 0) is 19.1 Å². The van der Waals surface area contributed by atoms with Crippen molar-refractivity contribution in [3.63, 3.8) is 0 Å². The molecule has 0 saturated heterocycles. The predicted molar refractivity (Wildman–Crippen MR) is 65.8 cm³/mol. The standard InChI is InChI=1S/C11H12N6O2/c1-7-2-4-8(5-3-7)13-11(19)10(18)12-6-9-14-16-17-15-9/h2-5H,6H2,1H3,(H,12,18)(H,13,19)(H,14,15,16,17). The zero-order valence-corrected chi connectivity index (χ0v) is 10.2. The number of hydrogen-bond donors (Lipinski definition) is 3. The van der Waals surface area contributed by atoms with Gasteiger partial charge in [-0.2, -0.15) is 5.21 Å². The number of carbonyl (C=O) groups excluding carboxylic acids is 2. The van der Waals surface area contributed by atoms with Crippen molar-refractivity contribution < 1.29 is 9.59 Å². The molecule has 1 aromatic heterocycles. The molecule has 19 heavy (non-hydrogen) atoms. The van der Waals surface area contributed by atoms with Crippen molar-refractivity contribution in [1.29, 1.82) is 0 Å². The summed E-state index contributed by atoms with van der Waals surface area (Å²) in [5, 5.41) is 17.7. The van der Waals surface area contributed by atoms with Gasteiger partial charge in [-0.3, -0.25) is 9.59 Å². The summed E-state index contributed by atoms with van der Waals surface area (Å²) in [6, 6.07) is 7.12. The number of H-pyrrole nitrogens is 1. The van der Waals surface area contributed by atoms with Crippen LogP contribution in [0.3, 0.4) is 0 Å². The Balaban J connectivity index is 1.85. The summed E-state index contributed by atoms with van der Waals surface area (Å²) in [5.41, 5.74) is 1.63. The number of anilines is 1. The van der Waals surface area contributed by atoms with E-state index in [0.29, 0.717) is 11.5 Å². The molecule has 8 nitrogen and oxygen atoms in total. The maximum atomic E-state index is 11.6. The lowest BCUT2D eigenvalue weighted by Crippen LogP contribution is -2.35. The van der Waals surface area contributed by atoms with Crippen molar-refractivity contribution in [1.82, 2.24) is 25.9 Å². The normalized spacial score (nSPS) is 9.95. The van der Waals surface area contributed by atoms with Crippen LogP contribution >= 0.6 is 0 Å². The van der Waals surface area contributed by atoms with E-state index in [1.807, 2.05) is 19.1 Å². The van der Waals surface area contributed by atoms with Crippen LogP contribution in [0.15, 0.2) is 24.3 Å². The second-order valence-electron chi connectivity index (χ2n) is 3.83. The number of nitrogens with one attached hydrogen (secondary N) is 3. The number of rotatable bonds is 3. The van der Waals surface area contributed by atoms with E-state index in [-0.39, 0.29) is 6.54 Å². The summed E-state index contributed by atoms with van der Waals surface area (Å²) in [7, 11) is 0. The first-order chi connectivity index (χ1) is 9.15. The van der Waals surface area contributed by atoms with Gasteiger partial charge in [0, 0.05) is 5.69 Å².